The molecule has 1 aromatic heterocycles. The van der Waals surface area contributed by atoms with Gasteiger partial charge >= 0.3 is 0 Å². The lowest BCUT2D eigenvalue weighted by molar-refractivity contribution is 0.173. The second-order valence-corrected chi connectivity index (χ2v) is 3.75. The van der Waals surface area contributed by atoms with Crippen molar-refractivity contribution in [3.8, 4) is 0 Å². The average molecular weight is 235 g/mol. The maximum absolute atomic E-state index is 12.7. The number of hydrogen-bond donors (Lipinski definition) is 1. The van der Waals surface area contributed by atoms with Gasteiger partial charge in [-0.2, -0.15) is 0 Å². The normalized spacial score (nSPS) is 12.4. The Kier molecular flexibility index (Phi) is 3.44. The molecule has 1 N–H and O–H groups in total. The van der Waals surface area contributed by atoms with E-state index in [-0.39, 0.29) is 5.82 Å². The Morgan fingerprint density at radius 1 is 1.00 bits per heavy atom. The quantitative estimate of drug-likeness (QED) is 0.887. The van der Waals surface area contributed by atoms with Crippen LogP contribution in [-0.2, 0) is 6.42 Å². The molecule has 0 saturated heterocycles. The molecule has 0 saturated carbocycles. The molecule has 1 heterocycles. The largest absolute Gasteiger partial charge is 0.386 e. The molecule has 0 radical (unpaired) electrons. The summed E-state index contributed by atoms with van der Waals surface area (Å²) in [5.74, 6) is -0.758. The van der Waals surface area contributed by atoms with Crippen LogP contribution in [0, 0.1) is 11.6 Å². The first-order valence-corrected chi connectivity index (χ1v) is 5.19. The van der Waals surface area contributed by atoms with Crippen LogP contribution < -0.4 is 0 Å². The van der Waals surface area contributed by atoms with Crippen LogP contribution in [0.2, 0.25) is 0 Å². The molecule has 1 atom stereocenters. The zero-order chi connectivity index (χ0) is 12.3. The second-order valence-electron chi connectivity index (χ2n) is 3.75. The van der Waals surface area contributed by atoms with Gasteiger partial charge < -0.3 is 5.11 Å². The second kappa shape index (κ2) is 5.01. The summed E-state index contributed by atoms with van der Waals surface area (Å²) in [6.07, 6.45) is 0.559. The summed E-state index contributed by atoms with van der Waals surface area (Å²) < 4.78 is 25.3. The number of rotatable bonds is 3. The first-order chi connectivity index (χ1) is 8.15. The van der Waals surface area contributed by atoms with Crippen molar-refractivity contribution in [2.75, 3.05) is 0 Å². The number of aromatic nitrogens is 1. The van der Waals surface area contributed by atoms with E-state index < -0.39 is 11.9 Å². The van der Waals surface area contributed by atoms with Crippen molar-refractivity contribution >= 4 is 0 Å². The highest BCUT2D eigenvalue weighted by atomic mass is 19.1. The van der Waals surface area contributed by atoms with Gasteiger partial charge in [-0.05, 0) is 29.8 Å². The Labute approximate surface area is 97.6 Å². The van der Waals surface area contributed by atoms with Crippen LogP contribution in [0.15, 0.2) is 42.6 Å². The molecular weight excluding hydrogens is 224 g/mol. The van der Waals surface area contributed by atoms with Gasteiger partial charge in [0, 0.05) is 6.42 Å². The molecule has 0 amide bonds. The minimum atomic E-state index is -0.818. The lowest BCUT2D eigenvalue weighted by Crippen LogP contribution is -2.04. The predicted octanol–water partition coefficient (Wildman–Crippen LogP) is 2.64. The highest BCUT2D eigenvalue weighted by Crippen LogP contribution is 2.16. The third-order valence-electron chi connectivity index (χ3n) is 2.43. The number of hydrogen-bond acceptors (Lipinski definition) is 2. The number of halogens is 2. The summed E-state index contributed by atoms with van der Waals surface area (Å²) in [7, 11) is 0. The zero-order valence-corrected chi connectivity index (χ0v) is 8.98. The van der Waals surface area contributed by atoms with Gasteiger partial charge in [0.15, 0.2) is 0 Å². The van der Waals surface area contributed by atoms with Crippen LogP contribution in [0.4, 0.5) is 8.78 Å². The third kappa shape index (κ3) is 3.07. The molecule has 2 rings (SSSR count). The Morgan fingerprint density at radius 3 is 2.24 bits per heavy atom. The molecule has 0 aliphatic heterocycles. The number of pyridine rings is 1. The Hall–Kier alpha value is -1.81. The number of benzene rings is 1. The van der Waals surface area contributed by atoms with Crippen molar-refractivity contribution in [2.24, 2.45) is 0 Å². The van der Waals surface area contributed by atoms with Crippen molar-refractivity contribution in [3.63, 3.8) is 0 Å². The van der Waals surface area contributed by atoms with Crippen LogP contribution in [0.25, 0.3) is 0 Å². The Morgan fingerprint density at radius 2 is 1.65 bits per heavy atom. The standard InChI is InChI=1S/C13H11F2NO/c14-10-3-1-9(2-4-10)7-13(17)12-6-5-11(15)8-16-12/h1-6,8,13,17H,7H2. The van der Waals surface area contributed by atoms with Gasteiger partial charge in [-0.15, -0.1) is 0 Å². The van der Waals surface area contributed by atoms with E-state index >= 15 is 0 Å². The van der Waals surface area contributed by atoms with E-state index in [2.05, 4.69) is 4.98 Å². The summed E-state index contributed by atoms with van der Waals surface area (Å²) in [6, 6.07) is 8.55. The van der Waals surface area contributed by atoms with Crippen molar-refractivity contribution in [1.29, 1.82) is 0 Å². The fourth-order valence-electron chi connectivity index (χ4n) is 1.53. The van der Waals surface area contributed by atoms with Gasteiger partial charge in [-0.3, -0.25) is 4.98 Å². The van der Waals surface area contributed by atoms with Crippen LogP contribution in [-0.4, -0.2) is 10.1 Å². The topological polar surface area (TPSA) is 33.1 Å². The van der Waals surface area contributed by atoms with Gasteiger partial charge in [0.25, 0.3) is 0 Å². The minimum absolute atomic E-state index is 0.317. The Balaban J connectivity index is 2.08. The van der Waals surface area contributed by atoms with E-state index in [0.29, 0.717) is 12.1 Å². The van der Waals surface area contributed by atoms with E-state index in [0.717, 1.165) is 11.8 Å². The van der Waals surface area contributed by atoms with Crippen LogP contribution >= 0.6 is 0 Å². The van der Waals surface area contributed by atoms with Gasteiger partial charge in [-0.25, -0.2) is 8.78 Å². The van der Waals surface area contributed by atoms with Crippen LogP contribution in [0.1, 0.15) is 17.4 Å². The summed E-state index contributed by atoms with van der Waals surface area (Å²) in [4.78, 5) is 3.79. The Bertz CT molecular complexity index is 482. The van der Waals surface area contributed by atoms with Crippen LogP contribution in [0.3, 0.4) is 0 Å². The van der Waals surface area contributed by atoms with Gasteiger partial charge in [0.05, 0.1) is 18.0 Å². The molecular formula is C13H11F2NO. The fourth-order valence-corrected chi connectivity index (χ4v) is 1.53. The minimum Gasteiger partial charge on any atom is -0.386 e. The van der Waals surface area contributed by atoms with E-state index in [1.54, 1.807) is 12.1 Å². The smallest absolute Gasteiger partial charge is 0.141 e. The summed E-state index contributed by atoms with van der Waals surface area (Å²) in [5, 5.41) is 9.86. The SMILES string of the molecule is OC(Cc1ccc(F)cc1)c1ccc(F)cn1. The third-order valence-corrected chi connectivity index (χ3v) is 2.43. The molecule has 0 fully saturated rings. The van der Waals surface area contributed by atoms with Crippen molar-refractivity contribution in [2.45, 2.75) is 12.5 Å². The molecule has 1 aromatic carbocycles. The molecule has 0 bridgehead atoms. The fraction of sp³-hybridized carbons (Fsp3) is 0.154. The maximum Gasteiger partial charge on any atom is 0.141 e. The first-order valence-electron chi connectivity index (χ1n) is 5.19. The lowest BCUT2D eigenvalue weighted by Gasteiger charge is -2.09. The summed E-state index contributed by atoms with van der Waals surface area (Å²) in [6.45, 7) is 0. The summed E-state index contributed by atoms with van der Waals surface area (Å²) >= 11 is 0. The molecule has 0 aliphatic rings. The molecule has 4 heteroatoms. The molecule has 1 unspecified atom stereocenters. The number of aliphatic hydroxyl groups is 1. The van der Waals surface area contributed by atoms with Crippen molar-refractivity contribution < 1.29 is 13.9 Å². The van der Waals surface area contributed by atoms with E-state index in [9.17, 15) is 13.9 Å². The van der Waals surface area contributed by atoms with Crippen LogP contribution in [0.5, 0.6) is 0 Å². The summed E-state index contributed by atoms with van der Waals surface area (Å²) in [5.41, 5.74) is 1.20. The highest BCUT2D eigenvalue weighted by molar-refractivity contribution is 5.19. The van der Waals surface area contributed by atoms with Gasteiger partial charge in [0.2, 0.25) is 0 Å². The lowest BCUT2D eigenvalue weighted by atomic mass is 10.1. The van der Waals surface area contributed by atoms with Crippen molar-refractivity contribution in [1.82, 2.24) is 4.98 Å². The first kappa shape index (κ1) is 11.7. The molecule has 0 aliphatic carbocycles. The monoisotopic (exact) mass is 235 g/mol. The predicted molar refractivity (Wildman–Crippen MR) is 59.3 cm³/mol. The molecule has 88 valence electrons. The maximum atomic E-state index is 12.7. The molecule has 2 aromatic rings. The van der Waals surface area contributed by atoms with E-state index in [1.807, 2.05) is 0 Å². The zero-order valence-electron chi connectivity index (χ0n) is 8.98. The highest BCUT2D eigenvalue weighted by Gasteiger charge is 2.10. The van der Waals surface area contributed by atoms with E-state index in [1.165, 1.54) is 24.3 Å². The van der Waals surface area contributed by atoms with Crippen molar-refractivity contribution in [3.05, 3.63) is 65.5 Å². The molecule has 2 nitrogen and oxygen atoms in total. The van der Waals surface area contributed by atoms with E-state index in [4.69, 9.17) is 0 Å². The molecule has 0 spiro atoms. The number of aliphatic hydroxyl groups excluding tert-OH is 1. The molecule has 17 heavy (non-hydrogen) atoms. The van der Waals surface area contributed by atoms with Gasteiger partial charge in [-0.1, -0.05) is 12.1 Å². The average Bonchev–Trinajstić information content (AvgIpc) is 2.33. The van der Waals surface area contributed by atoms with Gasteiger partial charge in [0.1, 0.15) is 11.6 Å². The number of nitrogens with zero attached hydrogens (tertiary/aromatic N) is 1.